The van der Waals surface area contributed by atoms with Crippen molar-refractivity contribution in [1.29, 1.82) is 0 Å². The van der Waals surface area contributed by atoms with Crippen LogP contribution in [0, 0.1) is 0 Å². The molecule has 38 heavy (non-hydrogen) atoms. The van der Waals surface area contributed by atoms with Crippen LogP contribution in [0.1, 0.15) is 52.0 Å². The Bertz CT molecular complexity index is 1190. The lowest BCUT2D eigenvalue weighted by Gasteiger charge is -2.31. The molecule has 0 saturated carbocycles. The van der Waals surface area contributed by atoms with E-state index in [4.69, 9.17) is 27.9 Å². The third-order valence-electron chi connectivity index (χ3n) is 5.88. The molecule has 1 unspecified atom stereocenters. The minimum atomic E-state index is -3.65. The second kappa shape index (κ2) is 15.2. The van der Waals surface area contributed by atoms with Gasteiger partial charge in [-0.2, -0.15) is 0 Å². The number of nitrogens with one attached hydrogen (secondary N) is 1. The van der Waals surface area contributed by atoms with Crippen LogP contribution in [0.5, 0.6) is 5.75 Å². The maximum Gasteiger partial charge on any atom is 0.242 e. The number of carbonyl (C=O) groups is 2. The number of rotatable bonds is 15. The molecule has 0 heterocycles. The monoisotopic (exact) mass is 585 g/mol. The van der Waals surface area contributed by atoms with Gasteiger partial charge in [0.15, 0.2) is 0 Å². The number of amides is 2. The maximum atomic E-state index is 13.5. The smallest absolute Gasteiger partial charge is 0.242 e. The Balaban J connectivity index is 2.27. The lowest BCUT2D eigenvalue weighted by Crippen LogP contribution is -2.49. The molecule has 1 atom stereocenters. The van der Waals surface area contributed by atoms with Gasteiger partial charge >= 0.3 is 0 Å². The largest absolute Gasteiger partial charge is 0.492 e. The SMILES string of the molecule is CCCNC(=O)C(CC)N(Cc1ccc(Cl)cc1Cl)C(=O)CCCN(c1ccccc1OCC)S(C)(=O)=O. The van der Waals surface area contributed by atoms with Crippen molar-refractivity contribution in [3.05, 3.63) is 58.1 Å². The second-order valence-electron chi connectivity index (χ2n) is 8.81. The normalized spacial score (nSPS) is 12.1. The zero-order chi connectivity index (χ0) is 28.3. The highest BCUT2D eigenvalue weighted by Crippen LogP contribution is 2.30. The summed E-state index contributed by atoms with van der Waals surface area (Å²) >= 11 is 12.4. The molecule has 0 aliphatic rings. The summed E-state index contributed by atoms with van der Waals surface area (Å²) in [6.07, 6.45) is 2.57. The van der Waals surface area contributed by atoms with Crippen molar-refractivity contribution in [3.63, 3.8) is 0 Å². The van der Waals surface area contributed by atoms with Crippen LogP contribution in [0.25, 0.3) is 0 Å². The van der Waals surface area contributed by atoms with Crippen LogP contribution in [0.4, 0.5) is 5.69 Å². The molecule has 0 aliphatic carbocycles. The van der Waals surface area contributed by atoms with E-state index in [1.807, 2.05) is 20.8 Å². The number of nitrogens with zero attached hydrogens (tertiary/aromatic N) is 2. The molecular weight excluding hydrogens is 549 g/mol. The Hall–Kier alpha value is -2.49. The van der Waals surface area contributed by atoms with Gasteiger partial charge in [-0.15, -0.1) is 0 Å². The average molecular weight is 587 g/mol. The van der Waals surface area contributed by atoms with Crippen molar-refractivity contribution in [3.8, 4) is 5.75 Å². The predicted molar refractivity (Wildman–Crippen MR) is 153 cm³/mol. The minimum absolute atomic E-state index is 0.0333. The molecule has 0 aliphatic heterocycles. The Morgan fingerprint density at radius 2 is 1.79 bits per heavy atom. The maximum absolute atomic E-state index is 13.5. The summed E-state index contributed by atoms with van der Waals surface area (Å²) in [5, 5.41) is 3.74. The first-order valence-corrected chi connectivity index (χ1v) is 15.3. The molecular formula is C27H37Cl2N3O5S. The topological polar surface area (TPSA) is 96.0 Å². The quantitative estimate of drug-likeness (QED) is 0.307. The molecule has 0 radical (unpaired) electrons. The van der Waals surface area contributed by atoms with E-state index in [0.29, 0.717) is 46.6 Å². The van der Waals surface area contributed by atoms with Gasteiger partial charge in [-0.05, 0) is 56.0 Å². The Kier molecular flexibility index (Phi) is 12.7. The van der Waals surface area contributed by atoms with Crippen LogP contribution < -0.4 is 14.4 Å². The number of halogens is 2. The third kappa shape index (κ3) is 9.06. The number of ether oxygens (including phenoxy) is 1. The third-order valence-corrected chi connectivity index (χ3v) is 7.64. The van der Waals surface area contributed by atoms with E-state index < -0.39 is 16.1 Å². The summed E-state index contributed by atoms with van der Waals surface area (Å²) in [7, 11) is -3.65. The predicted octanol–water partition coefficient (Wildman–Crippen LogP) is 5.27. The number of hydrogen-bond donors (Lipinski definition) is 1. The number of benzene rings is 2. The molecule has 0 saturated heterocycles. The zero-order valence-corrected chi connectivity index (χ0v) is 24.7. The van der Waals surface area contributed by atoms with Gasteiger partial charge in [-0.1, -0.05) is 55.2 Å². The van der Waals surface area contributed by atoms with Gasteiger partial charge < -0.3 is 15.0 Å². The second-order valence-corrected chi connectivity index (χ2v) is 11.6. The molecule has 0 bridgehead atoms. The standard InChI is InChI=1S/C27H37Cl2N3O5S/c1-5-16-30-27(34)23(6-2)31(19-20-14-15-21(28)18-22(20)29)26(33)13-10-17-32(38(4,35)36)24-11-8-9-12-25(24)37-7-3/h8-9,11-12,14-15,18,23H,5-7,10,13,16-17,19H2,1-4H3,(H,30,34). The van der Waals surface area contributed by atoms with E-state index in [1.54, 1.807) is 42.5 Å². The fourth-order valence-electron chi connectivity index (χ4n) is 4.04. The lowest BCUT2D eigenvalue weighted by atomic mass is 10.1. The average Bonchev–Trinajstić information content (AvgIpc) is 2.86. The number of sulfonamides is 1. The molecule has 2 amide bonds. The van der Waals surface area contributed by atoms with Gasteiger partial charge in [-0.25, -0.2) is 8.42 Å². The summed E-state index contributed by atoms with van der Waals surface area (Å²) in [5.74, 6) is -0.0679. The van der Waals surface area contributed by atoms with Crippen LogP contribution in [0.3, 0.4) is 0 Å². The van der Waals surface area contributed by atoms with Crippen molar-refractivity contribution in [2.75, 3.05) is 30.3 Å². The van der Waals surface area contributed by atoms with Crippen LogP contribution in [0.15, 0.2) is 42.5 Å². The first kappa shape index (κ1) is 31.7. The van der Waals surface area contributed by atoms with E-state index in [2.05, 4.69) is 5.32 Å². The molecule has 8 nitrogen and oxygen atoms in total. The van der Waals surface area contributed by atoms with Crippen LogP contribution >= 0.6 is 23.2 Å². The fourth-order valence-corrected chi connectivity index (χ4v) is 5.48. The van der Waals surface area contributed by atoms with E-state index in [0.717, 1.165) is 12.7 Å². The van der Waals surface area contributed by atoms with Gasteiger partial charge in [0.2, 0.25) is 21.8 Å². The lowest BCUT2D eigenvalue weighted by molar-refractivity contribution is -0.141. The van der Waals surface area contributed by atoms with Crippen LogP contribution in [0.2, 0.25) is 10.0 Å². The molecule has 1 N–H and O–H groups in total. The van der Waals surface area contributed by atoms with Crippen LogP contribution in [-0.2, 0) is 26.2 Å². The Labute approximate surface area is 236 Å². The summed E-state index contributed by atoms with van der Waals surface area (Å²) in [5.41, 5.74) is 1.08. The van der Waals surface area contributed by atoms with Crippen molar-refractivity contribution in [1.82, 2.24) is 10.2 Å². The highest BCUT2D eigenvalue weighted by molar-refractivity contribution is 7.92. The van der Waals surface area contributed by atoms with Gasteiger partial charge in [-0.3, -0.25) is 13.9 Å². The molecule has 210 valence electrons. The highest BCUT2D eigenvalue weighted by Gasteiger charge is 2.29. The van der Waals surface area contributed by atoms with Crippen molar-refractivity contribution in [2.45, 2.75) is 59.0 Å². The minimum Gasteiger partial charge on any atom is -0.492 e. The molecule has 0 spiro atoms. The van der Waals surface area contributed by atoms with Gasteiger partial charge in [0.05, 0.1) is 18.6 Å². The number of hydrogen-bond acceptors (Lipinski definition) is 5. The highest BCUT2D eigenvalue weighted by atomic mass is 35.5. The molecule has 0 aromatic heterocycles. The zero-order valence-electron chi connectivity index (χ0n) is 22.4. The van der Waals surface area contributed by atoms with Crippen molar-refractivity contribution < 1.29 is 22.7 Å². The first-order chi connectivity index (χ1) is 18.0. The summed E-state index contributed by atoms with van der Waals surface area (Å²) in [6.45, 7) is 6.70. The first-order valence-electron chi connectivity index (χ1n) is 12.7. The van der Waals surface area contributed by atoms with Gasteiger partial charge in [0, 0.05) is 36.1 Å². The van der Waals surface area contributed by atoms with E-state index in [-0.39, 0.29) is 37.7 Å². The molecule has 0 fully saturated rings. The number of carbonyl (C=O) groups excluding carboxylic acids is 2. The molecule has 2 aromatic carbocycles. The number of para-hydroxylation sites is 2. The van der Waals surface area contributed by atoms with Gasteiger partial charge in [0.25, 0.3) is 0 Å². The van der Waals surface area contributed by atoms with E-state index in [9.17, 15) is 18.0 Å². The Morgan fingerprint density at radius 1 is 1.08 bits per heavy atom. The van der Waals surface area contributed by atoms with Crippen molar-refractivity contribution in [2.24, 2.45) is 0 Å². The molecule has 2 aromatic rings. The molecule has 2 rings (SSSR count). The summed E-state index contributed by atoms with van der Waals surface area (Å²) in [4.78, 5) is 28.0. The van der Waals surface area contributed by atoms with Crippen LogP contribution in [-0.4, -0.2) is 57.1 Å². The van der Waals surface area contributed by atoms with Gasteiger partial charge in [0.1, 0.15) is 11.8 Å². The van der Waals surface area contributed by atoms with Crippen molar-refractivity contribution >= 4 is 50.7 Å². The fraction of sp³-hybridized carbons (Fsp3) is 0.481. The van der Waals surface area contributed by atoms with E-state index in [1.165, 1.54) is 9.21 Å². The molecule has 11 heteroatoms. The van der Waals surface area contributed by atoms with E-state index >= 15 is 0 Å². The number of anilines is 1. The summed E-state index contributed by atoms with van der Waals surface area (Å²) < 4.78 is 32.2. The Morgan fingerprint density at radius 3 is 2.39 bits per heavy atom. The summed E-state index contributed by atoms with van der Waals surface area (Å²) in [6, 6.07) is 11.2.